The van der Waals surface area contributed by atoms with Gasteiger partial charge in [0.05, 0.1) is 0 Å². The number of aliphatic hydroxyl groups is 1. The standard InChI is InChI=1S/C14H22N2O3/c1-10(18)11-7-12(16(4)8-11)13(19)15-9-14(2,3)5-6-17/h7-8,17H,5-6,9H2,1-4H3,(H,15,19). The summed E-state index contributed by atoms with van der Waals surface area (Å²) in [5, 5.41) is 11.8. The van der Waals surface area contributed by atoms with Crippen LogP contribution in [-0.2, 0) is 7.05 Å². The molecule has 2 N–H and O–H groups in total. The molecule has 5 nitrogen and oxygen atoms in total. The SMILES string of the molecule is CC(=O)c1cc(C(=O)NCC(C)(C)CCO)n(C)c1. The van der Waals surface area contributed by atoms with Gasteiger partial charge in [0.2, 0.25) is 0 Å². The van der Waals surface area contributed by atoms with Gasteiger partial charge in [-0.05, 0) is 24.8 Å². The van der Waals surface area contributed by atoms with E-state index < -0.39 is 0 Å². The van der Waals surface area contributed by atoms with Crippen molar-refractivity contribution >= 4 is 11.7 Å². The van der Waals surface area contributed by atoms with E-state index in [2.05, 4.69) is 5.32 Å². The number of rotatable bonds is 6. The molecule has 0 spiro atoms. The highest BCUT2D eigenvalue weighted by molar-refractivity contribution is 5.99. The Morgan fingerprint density at radius 3 is 2.53 bits per heavy atom. The zero-order valence-electron chi connectivity index (χ0n) is 12.0. The highest BCUT2D eigenvalue weighted by Gasteiger charge is 2.20. The van der Waals surface area contributed by atoms with Crippen LogP contribution in [0.3, 0.4) is 0 Å². The molecule has 0 aliphatic rings. The quantitative estimate of drug-likeness (QED) is 0.764. The number of ketones is 1. The number of hydrogen-bond donors (Lipinski definition) is 2. The number of carbonyl (C=O) groups is 2. The van der Waals surface area contributed by atoms with Crippen LogP contribution in [0.25, 0.3) is 0 Å². The minimum atomic E-state index is -0.207. The fourth-order valence-corrected chi connectivity index (χ4v) is 1.78. The molecule has 1 heterocycles. The maximum atomic E-state index is 12.0. The molecule has 0 aliphatic heterocycles. The second kappa shape index (κ2) is 6.02. The van der Waals surface area contributed by atoms with Crippen molar-refractivity contribution in [2.24, 2.45) is 12.5 Å². The topological polar surface area (TPSA) is 71.3 Å². The minimum absolute atomic E-state index is 0.0599. The maximum Gasteiger partial charge on any atom is 0.267 e. The average molecular weight is 266 g/mol. The maximum absolute atomic E-state index is 12.0. The van der Waals surface area contributed by atoms with Gasteiger partial charge in [-0.25, -0.2) is 0 Å². The Bertz CT molecular complexity index is 475. The number of aryl methyl sites for hydroxylation is 1. The third kappa shape index (κ3) is 4.21. The molecule has 1 aromatic heterocycles. The second-order valence-corrected chi connectivity index (χ2v) is 5.60. The van der Waals surface area contributed by atoms with Crippen LogP contribution in [0.4, 0.5) is 0 Å². The zero-order chi connectivity index (χ0) is 14.6. The summed E-state index contributed by atoms with van der Waals surface area (Å²) in [6.45, 7) is 6.01. The third-order valence-electron chi connectivity index (χ3n) is 3.16. The van der Waals surface area contributed by atoms with Gasteiger partial charge in [-0.3, -0.25) is 9.59 Å². The summed E-state index contributed by atoms with van der Waals surface area (Å²) in [6.07, 6.45) is 2.27. The van der Waals surface area contributed by atoms with E-state index in [1.165, 1.54) is 6.92 Å². The molecule has 19 heavy (non-hydrogen) atoms. The molecule has 5 heteroatoms. The van der Waals surface area contributed by atoms with Crippen molar-refractivity contribution in [1.29, 1.82) is 0 Å². The highest BCUT2D eigenvalue weighted by Crippen LogP contribution is 2.18. The van der Waals surface area contributed by atoms with Crippen molar-refractivity contribution in [2.75, 3.05) is 13.2 Å². The van der Waals surface area contributed by atoms with Crippen molar-refractivity contribution in [3.05, 3.63) is 23.5 Å². The molecule has 0 aromatic carbocycles. The van der Waals surface area contributed by atoms with E-state index in [0.717, 1.165) is 0 Å². The molecule has 0 saturated carbocycles. The van der Waals surface area contributed by atoms with E-state index in [-0.39, 0.29) is 23.7 Å². The van der Waals surface area contributed by atoms with Crippen LogP contribution in [0.2, 0.25) is 0 Å². The van der Waals surface area contributed by atoms with Crippen molar-refractivity contribution in [1.82, 2.24) is 9.88 Å². The molecule has 0 saturated heterocycles. The summed E-state index contributed by atoms with van der Waals surface area (Å²) in [6, 6.07) is 1.59. The van der Waals surface area contributed by atoms with Crippen LogP contribution in [0, 0.1) is 5.41 Å². The summed E-state index contributed by atoms with van der Waals surface area (Å²) >= 11 is 0. The van der Waals surface area contributed by atoms with E-state index in [0.29, 0.717) is 24.2 Å². The first kappa shape index (κ1) is 15.4. The van der Waals surface area contributed by atoms with Gasteiger partial charge >= 0.3 is 0 Å². The fourth-order valence-electron chi connectivity index (χ4n) is 1.78. The lowest BCUT2D eigenvalue weighted by Crippen LogP contribution is -2.35. The zero-order valence-corrected chi connectivity index (χ0v) is 12.0. The monoisotopic (exact) mass is 266 g/mol. The van der Waals surface area contributed by atoms with Crippen molar-refractivity contribution in [3.63, 3.8) is 0 Å². The summed E-state index contributed by atoms with van der Waals surface area (Å²) in [4.78, 5) is 23.3. The Labute approximate surface area is 113 Å². The number of aromatic nitrogens is 1. The summed E-state index contributed by atoms with van der Waals surface area (Å²) in [7, 11) is 1.74. The molecule has 0 bridgehead atoms. The molecule has 1 amide bonds. The van der Waals surface area contributed by atoms with Gasteiger partial charge in [0.1, 0.15) is 5.69 Å². The van der Waals surface area contributed by atoms with Crippen LogP contribution < -0.4 is 5.32 Å². The van der Waals surface area contributed by atoms with Gasteiger partial charge in [0, 0.05) is 32.0 Å². The van der Waals surface area contributed by atoms with Gasteiger partial charge in [-0.15, -0.1) is 0 Å². The Balaban J connectivity index is 2.71. The number of nitrogens with zero attached hydrogens (tertiary/aromatic N) is 1. The molecule has 0 atom stereocenters. The normalized spacial score (nSPS) is 11.4. The number of Topliss-reactive ketones (excluding diaryl/α,β-unsaturated/α-hetero) is 1. The lowest BCUT2D eigenvalue weighted by Gasteiger charge is -2.23. The minimum Gasteiger partial charge on any atom is -0.396 e. The Morgan fingerprint density at radius 2 is 2.05 bits per heavy atom. The Morgan fingerprint density at radius 1 is 1.42 bits per heavy atom. The Hall–Kier alpha value is -1.62. The number of amides is 1. The lowest BCUT2D eigenvalue weighted by atomic mass is 9.90. The van der Waals surface area contributed by atoms with Gasteiger partial charge in [-0.1, -0.05) is 13.8 Å². The first-order valence-electron chi connectivity index (χ1n) is 6.33. The van der Waals surface area contributed by atoms with Crippen LogP contribution in [0.5, 0.6) is 0 Å². The van der Waals surface area contributed by atoms with Crippen LogP contribution in [0.15, 0.2) is 12.3 Å². The second-order valence-electron chi connectivity index (χ2n) is 5.60. The molecule has 0 radical (unpaired) electrons. The first-order valence-corrected chi connectivity index (χ1v) is 6.33. The number of hydrogen-bond acceptors (Lipinski definition) is 3. The van der Waals surface area contributed by atoms with Gasteiger partial charge in [0.15, 0.2) is 5.78 Å². The van der Waals surface area contributed by atoms with E-state index >= 15 is 0 Å². The average Bonchev–Trinajstić information content (AvgIpc) is 2.68. The number of nitrogens with one attached hydrogen (secondary N) is 1. The van der Waals surface area contributed by atoms with E-state index in [1.807, 2.05) is 13.8 Å². The third-order valence-corrected chi connectivity index (χ3v) is 3.16. The molecular weight excluding hydrogens is 244 g/mol. The summed E-state index contributed by atoms with van der Waals surface area (Å²) in [5.41, 5.74) is 0.839. The fraction of sp³-hybridized carbons (Fsp3) is 0.571. The van der Waals surface area contributed by atoms with Crippen LogP contribution >= 0.6 is 0 Å². The molecule has 106 valence electrons. The van der Waals surface area contributed by atoms with Gasteiger partial charge in [-0.2, -0.15) is 0 Å². The van der Waals surface area contributed by atoms with Crippen molar-refractivity contribution in [3.8, 4) is 0 Å². The number of aliphatic hydroxyl groups excluding tert-OH is 1. The lowest BCUT2D eigenvalue weighted by molar-refractivity contribution is 0.0920. The predicted molar refractivity (Wildman–Crippen MR) is 73.2 cm³/mol. The van der Waals surface area contributed by atoms with E-state index in [9.17, 15) is 9.59 Å². The largest absolute Gasteiger partial charge is 0.396 e. The summed E-state index contributed by atoms with van der Waals surface area (Å²) < 4.78 is 1.64. The van der Waals surface area contributed by atoms with Crippen LogP contribution in [-0.4, -0.2) is 34.5 Å². The molecule has 0 fully saturated rings. The molecule has 1 rings (SSSR count). The molecule has 0 unspecified atom stereocenters. The Kier molecular flexibility index (Phi) is 4.89. The van der Waals surface area contributed by atoms with Crippen LogP contribution in [0.1, 0.15) is 48.0 Å². The highest BCUT2D eigenvalue weighted by atomic mass is 16.3. The molecule has 1 aromatic rings. The van der Waals surface area contributed by atoms with Crippen molar-refractivity contribution < 1.29 is 14.7 Å². The van der Waals surface area contributed by atoms with E-state index in [4.69, 9.17) is 5.11 Å². The number of carbonyl (C=O) groups excluding carboxylic acids is 2. The smallest absolute Gasteiger partial charge is 0.267 e. The predicted octanol–water partition coefficient (Wildman–Crippen LogP) is 1.37. The molecular formula is C14H22N2O3. The summed E-state index contributed by atoms with van der Waals surface area (Å²) in [5.74, 6) is -0.267. The first-order chi connectivity index (χ1) is 8.76. The van der Waals surface area contributed by atoms with Gasteiger partial charge < -0.3 is 15.0 Å². The van der Waals surface area contributed by atoms with Crippen molar-refractivity contribution in [2.45, 2.75) is 27.2 Å². The van der Waals surface area contributed by atoms with Gasteiger partial charge in [0.25, 0.3) is 5.91 Å². The van der Waals surface area contributed by atoms with E-state index in [1.54, 1.807) is 23.9 Å². The molecule has 0 aliphatic carbocycles.